The predicted molar refractivity (Wildman–Crippen MR) is 200 cm³/mol. The number of hydrogen-bond donors (Lipinski definition) is 2. The average molecular weight is 748 g/mol. The molecule has 0 saturated carbocycles. The molecule has 1 aromatic heterocycles. The van der Waals surface area contributed by atoms with E-state index in [2.05, 4.69) is 25.2 Å². The van der Waals surface area contributed by atoms with Crippen LogP contribution in [0.1, 0.15) is 56.9 Å². The minimum absolute atomic E-state index is 0.175. The molecular weight excluding hydrogens is 702 g/mol. The van der Waals surface area contributed by atoms with Gasteiger partial charge in [0.25, 0.3) is 5.56 Å². The van der Waals surface area contributed by atoms with Crippen molar-refractivity contribution in [2.24, 2.45) is 18.9 Å². The molecule has 54 heavy (non-hydrogen) atoms. The maximum Gasteiger partial charge on any atom is 0.573 e. The largest absolute Gasteiger partial charge is 0.573 e. The van der Waals surface area contributed by atoms with Crippen LogP contribution < -0.4 is 25.8 Å². The van der Waals surface area contributed by atoms with Gasteiger partial charge in [-0.15, -0.1) is 13.2 Å². The molecule has 0 bridgehead atoms. The summed E-state index contributed by atoms with van der Waals surface area (Å²) < 4.78 is 62.0. The highest BCUT2D eigenvalue weighted by molar-refractivity contribution is 6.01. The number of nitrogens with one attached hydrogen (secondary N) is 2. The summed E-state index contributed by atoms with van der Waals surface area (Å²) in [5, 5.41) is 6.50. The Kier molecular flexibility index (Phi) is 11.0. The van der Waals surface area contributed by atoms with Crippen molar-refractivity contribution in [2.45, 2.75) is 70.3 Å². The van der Waals surface area contributed by atoms with Gasteiger partial charge in [-0.25, -0.2) is 4.39 Å². The van der Waals surface area contributed by atoms with E-state index >= 15 is 4.39 Å². The van der Waals surface area contributed by atoms with Crippen LogP contribution in [0, 0.1) is 17.7 Å². The normalized spacial score (nSPS) is 19.3. The molecule has 0 radical (unpaired) electrons. The van der Waals surface area contributed by atoms with Gasteiger partial charge < -0.3 is 19.5 Å². The lowest BCUT2D eigenvalue weighted by Gasteiger charge is -2.36. The van der Waals surface area contributed by atoms with E-state index in [4.69, 9.17) is 0 Å². The van der Waals surface area contributed by atoms with Crippen LogP contribution in [0.15, 0.2) is 71.7 Å². The maximum absolute atomic E-state index is 15.2. The van der Waals surface area contributed by atoms with E-state index in [0.29, 0.717) is 63.6 Å². The monoisotopic (exact) mass is 747 g/mol. The fourth-order valence-corrected chi connectivity index (χ4v) is 8.21. The number of carbonyl (C=O) groups is 2. The van der Waals surface area contributed by atoms with Crippen molar-refractivity contribution >= 4 is 34.0 Å². The van der Waals surface area contributed by atoms with Gasteiger partial charge in [0.05, 0.1) is 5.69 Å². The fraction of sp³-hybridized carbons (Fsp3) is 0.439. The molecule has 4 aromatic rings. The predicted octanol–water partition coefficient (Wildman–Crippen LogP) is 7.37. The molecule has 13 heteroatoms. The van der Waals surface area contributed by atoms with Gasteiger partial charge in [-0.1, -0.05) is 43.2 Å². The first kappa shape index (κ1) is 37.4. The van der Waals surface area contributed by atoms with Crippen LogP contribution in [-0.4, -0.2) is 59.9 Å². The molecular formula is C41H45F4N5O4. The third-order valence-electron chi connectivity index (χ3n) is 11.3. The Bertz CT molecular complexity index is 2070. The molecule has 9 nitrogen and oxygen atoms in total. The summed E-state index contributed by atoms with van der Waals surface area (Å²) in [7, 11) is 1.63. The lowest BCUT2D eigenvalue weighted by atomic mass is 9.85. The highest BCUT2D eigenvalue weighted by Crippen LogP contribution is 2.36. The van der Waals surface area contributed by atoms with Crippen LogP contribution in [0.25, 0.3) is 21.9 Å². The number of hydrogen-bond acceptors (Lipinski definition) is 7. The quantitative estimate of drug-likeness (QED) is 0.129. The maximum atomic E-state index is 15.2. The third-order valence-corrected chi connectivity index (χ3v) is 11.3. The Hall–Kier alpha value is -4.91. The summed E-state index contributed by atoms with van der Waals surface area (Å²) in [6, 6.07) is 16.4. The lowest BCUT2D eigenvalue weighted by Crippen LogP contribution is -2.47. The Balaban J connectivity index is 0.898. The number of halogens is 4. The summed E-state index contributed by atoms with van der Waals surface area (Å²) in [6.07, 6.45) is 3.51. The topological polar surface area (TPSA) is 95.9 Å². The van der Waals surface area contributed by atoms with Crippen molar-refractivity contribution in [3.05, 3.63) is 88.6 Å². The highest BCUT2D eigenvalue weighted by atomic mass is 19.4. The summed E-state index contributed by atoms with van der Waals surface area (Å²) in [4.78, 5) is 40.4. The van der Waals surface area contributed by atoms with E-state index in [1.54, 1.807) is 61.8 Å². The lowest BCUT2D eigenvalue weighted by molar-refractivity contribution is -0.275. The molecule has 4 heterocycles. The number of carbonyl (C=O) groups excluding carboxylic acids is 2. The number of alkyl halides is 3. The van der Waals surface area contributed by atoms with E-state index < -0.39 is 18.3 Å². The summed E-state index contributed by atoms with van der Waals surface area (Å²) >= 11 is 0. The number of nitrogens with zero attached hydrogens (tertiary/aromatic N) is 3. The molecule has 0 aliphatic carbocycles. The number of ether oxygens (including phenoxy) is 1. The van der Waals surface area contributed by atoms with Gasteiger partial charge in [0, 0.05) is 61.5 Å². The number of anilines is 2. The second-order valence-electron chi connectivity index (χ2n) is 14.9. The summed E-state index contributed by atoms with van der Waals surface area (Å²) in [5.74, 6) is -0.159. The first-order chi connectivity index (χ1) is 25.9. The van der Waals surface area contributed by atoms with E-state index in [1.165, 1.54) is 16.7 Å². The second kappa shape index (κ2) is 15.8. The molecule has 3 aromatic carbocycles. The number of aryl methyl sites for hydroxylation is 1. The Morgan fingerprint density at radius 1 is 0.852 bits per heavy atom. The highest BCUT2D eigenvalue weighted by Gasteiger charge is 2.33. The number of fused-ring (bicyclic) bond motifs is 1. The fourth-order valence-electron chi connectivity index (χ4n) is 8.21. The van der Waals surface area contributed by atoms with E-state index in [-0.39, 0.29) is 29.5 Å². The second-order valence-corrected chi connectivity index (χ2v) is 14.9. The molecule has 286 valence electrons. The van der Waals surface area contributed by atoms with Crippen molar-refractivity contribution < 1.29 is 31.9 Å². The zero-order chi connectivity index (χ0) is 38.0. The van der Waals surface area contributed by atoms with Crippen LogP contribution in [0.5, 0.6) is 5.75 Å². The number of rotatable bonds is 10. The molecule has 3 aliphatic rings. The van der Waals surface area contributed by atoms with Gasteiger partial charge in [0.1, 0.15) is 17.6 Å². The molecule has 2 N–H and O–H groups in total. The van der Waals surface area contributed by atoms with E-state index in [9.17, 15) is 27.6 Å². The van der Waals surface area contributed by atoms with Gasteiger partial charge in [-0.05, 0) is 98.3 Å². The van der Waals surface area contributed by atoms with E-state index in [0.717, 1.165) is 64.7 Å². The van der Waals surface area contributed by atoms with Crippen LogP contribution in [0.4, 0.5) is 28.9 Å². The molecule has 2 amide bonds. The minimum Gasteiger partial charge on any atom is -0.405 e. The number of amides is 2. The molecule has 3 aliphatic heterocycles. The minimum atomic E-state index is -4.85. The van der Waals surface area contributed by atoms with Crippen LogP contribution >= 0.6 is 0 Å². The van der Waals surface area contributed by atoms with Gasteiger partial charge in [-0.3, -0.25) is 24.6 Å². The number of imide groups is 1. The number of likely N-dealkylation sites (tertiary alicyclic amines) is 1. The van der Waals surface area contributed by atoms with Gasteiger partial charge in [0.15, 0.2) is 0 Å². The van der Waals surface area contributed by atoms with Crippen molar-refractivity contribution in [3.63, 3.8) is 0 Å². The summed E-state index contributed by atoms with van der Waals surface area (Å²) in [6.45, 7) is 3.44. The smallest absolute Gasteiger partial charge is 0.405 e. The molecule has 3 saturated heterocycles. The Labute approximate surface area is 311 Å². The number of aromatic nitrogens is 1. The van der Waals surface area contributed by atoms with Crippen molar-refractivity contribution in [1.82, 2.24) is 14.8 Å². The van der Waals surface area contributed by atoms with Crippen molar-refractivity contribution in [2.75, 3.05) is 36.4 Å². The number of benzene rings is 3. The number of piperidine rings is 3. The zero-order valence-electron chi connectivity index (χ0n) is 30.3. The van der Waals surface area contributed by atoms with Gasteiger partial charge >= 0.3 is 6.36 Å². The first-order valence-corrected chi connectivity index (χ1v) is 18.7. The number of pyridine rings is 1. The zero-order valence-corrected chi connectivity index (χ0v) is 30.3. The van der Waals surface area contributed by atoms with Crippen molar-refractivity contribution in [1.29, 1.82) is 0 Å². The van der Waals surface area contributed by atoms with Crippen molar-refractivity contribution in [3.8, 4) is 16.9 Å². The van der Waals surface area contributed by atoms with Crippen LogP contribution in [0.3, 0.4) is 0 Å². The van der Waals surface area contributed by atoms with Gasteiger partial charge in [0.2, 0.25) is 11.8 Å². The first-order valence-electron chi connectivity index (χ1n) is 18.7. The summed E-state index contributed by atoms with van der Waals surface area (Å²) in [5.41, 5.74) is 2.54. The Morgan fingerprint density at radius 3 is 2.20 bits per heavy atom. The molecule has 1 atom stereocenters. The SMILES string of the molecule is Cn1cc(-c2ccc(CN3CCC(CCC4CCN(c5ccc(NC6CCC(=O)NC6=O)cc5F)CC4)CC3)c(OC(F)(F)F)c2)c2ccccc2c1=O. The van der Waals surface area contributed by atoms with Gasteiger partial charge in [-0.2, -0.15) is 0 Å². The van der Waals surface area contributed by atoms with Crippen LogP contribution in [0.2, 0.25) is 0 Å². The molecule has 0 spiro atoms. The average Bonchev–Trinajstić information content (AvgIpc) is 3.14. The van der Waals surface area contributed by atoms with E-state index in [1.807, 2.05) is 0 Å². The molecule has 7 rings (SSSR count). The van der Waals surface area contributed by atoms with Crippen LogP contribution in [-0.2, 0) is 23.2 Å². The molecule has 3 fully saturated rings. The Morgan fingerprint density at radius 2 is 1.54 bits per heavy atom. The molecule has 1 unspecified atom stereocenters. The third kappa shape index (κ3) is 8.72. The standard InChI is InChI=1S/C41H45F4N5O4/c1-48-25-33(31-4-2-3-5-32(31)40(48)53)28-8-9-29(37(22-28)54-41(43,44)45)24-49-18-14-26(15-19-49)6-7-27-16-20-50(21-17-27)36-12-10-30(23-34(36)42)46-35-11-13-38(51)47-39(35)52/h2-5,8-10,12,22-23,25-27,35,46H,6-7,11,13-21,24H2,1H3,(H,47,51,52).